The Morgan fingerprint density at radius 1 is 0.960 bits per heavy atom. The number of halogens is 1. The Balaban J connectivity index is 1.90. The van der Waals surface area contributed by atoms with Crippen LogP contribution in [0.1, 0.15) is 5.56 Å². The summed E-state index contributed by atoms with van der Waals surface area (Å²) in [7, 11) is 3.18. The molecule has 25 heavy (non-hydrogen) atoms. The average molecular weight is 339 g/mol. The number of aromatic nitrogens is 2. The third-order valence-electron chi connectivity index (χ3n) is 3.76. The zero-order valence-corrected chi connectivity index (χ0v) is 14.0. The van der Waals surface area contributed by atoms with Gasteiger partial charge in [-0.1, -0.05) is 24.3 Å². The molecule has 0 unspecified atom stereocenters. The van der Waals surface area contributed by atoms with Gasteiger partial charge in [0.05, 0.1) is 14.2 Å². The lowest BCUT2D eigenvalue weighted by Gasteiger charge is -2.14. The highest BCUT2D eigenvalue weighted by Gasteiger charge is 2.14. The van der Waals surface area contributed by atoms with Gasteiger partial charge >= 0.3 is 0 Å². The maximum Gasteiger partial charge on any atom is 0.165 e. The number of hydrogen-bond acceptors (Lipinski definition) is 5. The molecule has 1 heterocycles. The summed E-state index contributed by atoms with van der Waals surface area (Å²) in [5.74, 6) is 1.45. The van der Waals surface area contributed by atoms with Crippen molar-refractivity contribution in [2.24, 2.45) is 0 Å². The van der Waals surface area contributed by atoms with Crippen LogP contribution < -0.4 is 14.8 Å². The summed E-state index contributed by atoms with van der Waals surface area (Å²) >= 11 is 0. The smallest absolute Gasteiger partial charge is 0.165 e. The summed E-state index contributed by atoms with van der Waals surface area (Å²) in [6.07, 6.45) is 3.11. The van der Waals surface area contributed by atoms with E-state index in [-0.39, 0.29) is 5.82 Å². The van der Waals surface area contributed by atoms with Crippen LogP contribution >= 0.6 is 0 Å². The Kier molecular flexibility index (Phi) is 5.09. The number of hydrogen-bond donors (Lipinski definition) is 1. The molecule has 5 nitrogen and oxygen atoms in total. The molecule has 2 aromatic carbocycles. The molecule has 0 aliphatic heterocycles. The SMILES string of the molecule is COc1cccc(CNc2nccnc2-c2ccccc2F)c1OC. The van der Waals surface area contributed by atoms with Crippen LogP contribution in [0.25, 0.3) is 11.3 Å². The van der Waals surface area contributed by atoms with Gasteiger partial charge in [-0.05, 0) is 18.2 Å². The average Bonchev–Trinajstić information content (AvgIpc) is 2.66. The molecule has 1 aromatic heterocycles. The minimum atomic E-state index is -0.343. The first-order chi connectivity index (χ1) is 12.2. The lowest BCUT2D eigenvalue weighted by molar-refractivity contribution is 0.352. The second-order valence-corrected chi connectivity index (χ2v) is 5.24. The largest absolute Gasteiger partial charge is 0.493 e. The van der Waals surface area contributed by atoms with E-state index in [2.05, 4.69) is 15.3 Å². The molecule has 0 aliphatic rings. The fraction of sp³-hybridized carbons (Fsp3) is 0.158. The molecule has 0 spiro atoms. The van der Waals surface area contributed by atoms with Gasteiger partial charge in [0, 0.05) is 30.1 Å². The van der Waals surface area contributed by atoms with Crippen molar-refractivity contribution in [2.45, 2.75) is 6.54 Å². The van der Waals surface area contributed by atoms with E-state index in [1.54, 1.807) is 44.8 Å². The third kappa shape index (κ3) is 3.52. The van der Waals surface area contributed by atoms with E-state index in [1.165, 1.54) is 6.07 Å². The molecule has 0 fully saturated rings. The van der Waals surface area contributed by atoms with Gasteiger partial charge in [0.15, 0.2) is 17.3 Å². The van der Waals surface area contributed by atoms with Gasteiger partial charge in [0.25, 0.3) is 0 Å². The van der Waals surface area contributed by atoms with E-state index < -0.39 is 0 Å². The summed E-state index contributed by atoms with van der Waals surface area (Å²) < 4.78 is 24.8. The molecule has 0 saturated heterocycles. The van der Waals surface area contributed by atoms with Gasteiger partial charge in [-0.2, -0.15) is 0 Å². The fourth-order valence-electron chi connectivity index (χ4n) is 2.59. The number of nitrogens with one attached hydrogen (secondary N) is 1. The summed E-state index contributed by atoms with van der Waals surface area (Å²) in [6.45, 7) is 0.431. The fourth-order valence-corrected chi connectivity index (χ4v) is 2.59. The molecular weight excluding hydrogens is 321 g/mol. The van der Waals surface area contributed by atoms with Gasteiger partial charge < -0.3 is 14.8 Å². The number of nitrogens with zero attached hydrogens (tertiary/aromatic N) is 2. The number of benzene rings is 2. The molecule has 128 valence electrons. The Bertz CT molecular complexity index is 871. The topological polar surface area (TPSA) is 56.3 Å². The summed E-state index contributed by atoms with van der Waals surface area (Å²) in [4.78, 5) is 8.57. The van der Waals surface area contributed by atoms with Crippen LogP contribution in [0.3, 0.4) is 0 Å². The predicted molar refractivity (Wildman–Crippen MR) is 94.3 cm³/mol. The van der Waals surface area contributed by atoms with Gasteiger partial charge in [-0.25, -0.2) is 9.37 Å². The standard InChI is InChI=1S/C19H18FN3O2/c1-24-16-9-5-6-13(18(16)25-2)12-23-19-17(21-10-11-22-19)14-7-3-4-8-15(14)20/h3-11H,12H2,1-2H3,(H,22,23). The molecule has 0 aliphatic carbocycles. The number of ether oxygens (including phenoxy) is 2. The van der Waals surface area contributed by atoms with Crippen molar-refractivity contribution in [2.75, 3.05) is 19.5 Å². The van der Waals surface area contributed by atoms with Crippen molar-refractivity contribution in [1.82, 2.24) is 9.97 Å². The molecule has 3 aromatic rings. The van der Waals surface area contributed by atoms with E-state index in [0.29, 0.717) is 35.1 Å². The van der Waals surface area contributed by atoms with Gasteiger partial charge in [-0.15, -0.1) is 0 Å². The summed E-state index contributed by atoms with van der Waals surface area (Å²) in [5, 5.41) is 3.21. The summed E-state index contributed by atoms with van der Waals surface area (Å²) in [6, 6.07) is 12.1. The zero-order chi connectivity index (χ0) is 17.6. The van der Waals surface area contributed by atoms with Crippen LogP contribution in [-0.4, -0.2) is 24.2 Å². The molecular formula is C19H18FN3O2. The van der Waals surface area contributed by atoms with Crippen LogP contribution in [0.2, 0.25) is 0 Å². The monoisotopic (exact) mass is 339 g/mol. The zero-order valence-electron chi connectivity index (χ0n) is 14.0. The van der Waals surface area contributed by atoms with Crippen molar-refractivity contribution in [3.63, 3.8) is 0 Å². The molecule has 0 radical (unpaired) electrons. The number of anilines is 1. The van der Waals surface area contributed by atoms with Gasteiger partial charge in [0.2, 0.25) is 0 Å². The van der Waals surface area contributed by atoms with E-state index in [0.717, 1.165) is 5.56 Å². The van der Waals surface area contributed by atoms with Crippen LogP contribution in [-0.2, 0) is 6.54 Å². The Labute approximate surface area is 145 Å². The summed E-state index contributed by atoms with van der Waals surface area (Å²) in [5.41, 5.74) is 1.75. The van der Waals surface area contributed by atoms with Crippen molar-refractivity contribution in [3.8, 4) is 22.8 Å². The number of rotatable bonds is 6. The van der Waals surface area contributed by atoms with Crippen molar-refractivity contribution < 1.29 is 13.9 Å². The van der Waals surface area contributed by atoms with Crippen molar-refractivity contribution in [3.05, 3.63) is 66.2 Å². The second-order valence-electron chi connectivity index (χ2n) is 5.24. The highest BCUT2D eigenvalue weighted by molar-refractivity contribution is 5.71. The van der Waals surface area contributed by atoms with Crippen LogP contribution in [0.5, 0.6) is 11.5 Å². The third-order valence-corrected chi connectivity index (χ3v) is 3.76. The second kappa shape index (κ2) is 7.61. The quantitative estimate of drug-likeness (QED) is 0.738. The van der Waals surface area contributed by atoms with E-state index >= 15 is 0 Å². The number of methoxy groups -OCH3 is 2. The normalized spacial score (nSPS) is 10.4. The first-order valence-electron chi connectivity index (χ1n) is 7.74. The highest BCUT2D eigenvalue weighted by Crippen LogP contribution is 2.32. The molecule has 0 atom stereocenters. The van der Waals surface area contributed by atoms with Crippen LogP contribution in [0.15, 0.2) is 54.9 Å². The van der Waals surface area contributed by atoms with Crippen molar-refractivity contribution >= 4 is 5.82 Å². The van der Waals surface area contributed by atoms with Gasteiger partial charge in [0.1, 0.15) is 11.5 Å². The first-order valence-corrected chi connectivity index (χ1v) is 7.74. The maximum absolute atomic E-state index is 14.1. The Morgan fingerprint density at radius 3 is 2.52 bits per heavy atom. The Hall–Kier alpha value is -3.15. The van der Waals surface area contributed by atoms with Crippen molar-refractivity contribution in [1.29, 1.82) is 0 Å². The Morgan fingerprint density at radius 2 is 1.76 bits per heavy atom. The predicted octanol–water partition coefficient (Wildman–Crippen LogP) is 3.91. The molecule has 0 amide bonds. The highest BCUT2D eigenvalue weighted by atomic mass is 19.1. The van der Waals surface area contributed by atoms with E-state index in [4.69, 9.17) is 9.47 Å². The van der Waals surface area contributed by atoms with Crippen LogP contribution in [0, 0.1) is 5.82 Å². The van der Waals surface area contributed by atoms with E-state index in [1.807, 2.05) is 18.2 Å². The maximum atomic E-state index is 14.1. The van der Waals surface area contributed by atoms with Gasteiger partial charge in [-0.3, -0.25) is 4.98 Å². The number of para-hydroxylation sites is 1. The minimum absolute atomic E-state index is 0.343. The molecule has 0 bridgehead atoms. The minimum Gasteiger partial charge on any atom is -0.493 e. The molecule has 6 heteroatoms. The van der Waals surface area contributed by atoms with Crippen LogP contribution in [0.4, 0.5) is 10.2 Å². The molecule has 1 N–H and O–H groups in total. The lowest BCUT2D eigenvalue weighted by atomic mass is 10.1. The first kappa shape index (κ1) is 16.7. The molecule has 3 rings (SSSR count). The molecule has 0 saturated carbocycles. The van der Waals surface area contributed by atoms with E-state index in [9.17, 15) is 4.39 Å². The lowest BCUT2D eigenvalue weighted by Crippen LogP contribution is -2.06.